The van der Waals surface area contributed by atoms with Crippen molar-refractivity contribution in [2.45, 2.75) is 31.3 Å². The van der Waals surface area contributed by atoms with Crippen molar-refractivity contribution in [1.82, 2.24) is 9.21 Å². The predicted octanol–water partition coefficient (Wildman–Crippen LogP) is 1.64. The summed E-state index contributed by atoms with van der Waals surface area (Å²) in [6, 6.07) is 9.09. The summed E-state index contributed by atoms with van der Waals surface area (Å²) < 4.78 is 25.1. The Labute approximate surface area is 121 Å². The number of fused-ring (bicyclic) bond motifs is 3. The Morgan fingerprint density at radius 2 is 2.00 bits per heavy atom. The highest BCUT2D eigenvalue weighted by Crippen LogP contribution is 2.37. The summed E-state index contributed by atoms with van der Waals surface area (Å²) in [6.07, 6.45) is 4.25. The van der Waals surface area contributed by atoms with E-state index in [2.05, 4.69) is 29.2 Å². The fraction of sp³-hybridized carbons (Fsp3) is 0.600. The molecule has 5 heteroatoms. The van der Waals surface area contributed by atoms with E-state index in [1.807, 2.05) is 0 Å². The molecule has 1 aromatic rings. The maximum atomic E-state index is 11.7. The molecule has 0 radical (unpaired) electrons. The van der Waals surface area contributed by atoms with Crippen LogP contribution in [0.1, 0.15) is 30.0 Å². The molecule has 0 saturated carbocycles. The molecule has 3 rings (SSSR count). The van der Waals surface area contributed by atoms with E-state index in [0.717, 1.165) is 32.4 Å². The molecule has 0 N–H and O–H groups in total. The van der Waals surface area contributed by atoms with E-state index in [9.17, 15) is 8.42 Å². The lowest BCUT2D eigenvalue weighted by Gasteiger charge is -2.45. The van der Waals surface area contributed by atoms with Gasteiger partial charge in [0, 0.05) is 32.2 Å². The molecular weight excluding hydrogens is 272 g/mol. The highest BCUT2D eigenvalue weighted by molar-refractivity contribution is 7.88. The molecule has 0 unspecified atom stereocenters. The first-order valence-electron chi connectivity index (χ1n) is 7.21. The van der Waals surface area contributed by atoms with Crippen LogP contribution in [0.25, 0.3) is 0 Å². The molecule has 2 atom stereocenters. The van der Waals surface area contributed by atoms with E-state index in [1.54, 1.807) is 11.4 Å². The van der Waals surface area contributed by atoms with Crippen LogP contribution in [0, 0.1) is 0 Å². The van der Waals surface area contributed by atoms with Gasteiger partial charge in [0.2, 0.25) is 10.0 Å². The van der Waals surface area contributed by atoms with Gasteiger partial charge in [0.25, 0.3) is 0 Å². The molecule has 110 valence electrons. The number of piperidine rings is 1. The number of hydrogen-bond acceptors (Lipinski definition) is 3. The topological polar surface area (TPSA) is 40.6 Å². The lowest BCUT2D eigenvalue weighted by Crippen LogP contribution is -2.48. The molecule has 2 aliphatic rings. The van der Waals surface area contributed by atoms with Gasteiger partial charge in [0.15, 0.2) is 0 Å². The van der Waals surface area contributed by atoms with Crippen molar-refractivity contribution in [2.75, 3.05) is 26.4 Å². The number of sulfonamides is 1. The van der Waals surface area contributed by atoms with Gasteiger partial charge in [-0.05, 0) is 30.4 Å². The summed E-state index contributed by atoms with van der Waals surface area (Å²) in [5.41, 5.74) is 2.82. The first-order chi connectivity index (χ1) is 9.47. The maximum Gasteiger partial charge on any atom is 0.211 e. The largest absolute Gasteiger partial charge is 0.296 e. The molecule has 0 aliphatic carbocycles. The lowest BCUT2D eigenvalue weighted by molar-refractivity contribution is 0.0971. The number of nitrogens with zero attached hydrogens (tertiary/aromatic N) is 2. The SMILES string of the molecule is CN([C@@H]1CCN2CCc3ccccc3[C@@H]2C1)S(C)(=O)=O. The molecule has 1 saturated heterocycles. The van der Waals surface area contributed by atoms with Crippen LogP contribution in [0.4, 0.5) is 0 Å². The molecule has 1 aromatic carbocycles. The Kier molecular flexibility index (Phi) is 3.60. The summed E-state index contributed by atoms with van der Waals surface area (Å²) >= 11 is 0. The first kappa shape index (κ1) is 14.0. The predicted molar refractivity (Wildman–Crippen MR) is 80.1 cm³/mol. The third kappa shape index (κ3) is 2.50. The summed E-state index contributed by atoms with van der Waals surface area (Å²) in [5.74, 6) is 0. The number of benzene rings is 1. The van der Waals surface area contributed by atoms with E-state index >= 15 is 0 Å². The minimum Gasteiger partial charge on any atom is -0.296 e. The van der Waals surface area contributed by atoms with E-state index in [1.165, 1.54) is 17.4 Å². The van der Waals surface area contributed by atoms with Crippen LogP contribution in [0.5, 0.6) is 0 Å². The summed E-state index contributed by atoms with van der Waals surface area (Å²) in [5, 5.41) is 0. The molecule has 0 aromatic heterocycles. The van der Waals surface area contributed by atoms with E-state index < -0.39 is 10.0 Å². The van der Waals surface area contributed by atoms with Crippen molar-refractivity contribution >= 4 is 10.0 Å². The van der Waals surface area contributed by atoms with Crippen LogP contribution in [0.15, 0.2) is 24.3 Å². The van der Waals surface area contributed by atoms with Crippen molar-refractivity contribution < 1.29 is 8.42 Å². The van der Waals surface area contributed by atoms with Gasteiger partial charge in [0.1, 0.15) is 0 Å². The van der Waals surface area contributed by atoms with Crippen LogP contribution < -0.4 is 0 Å². The van der Waals surface area contributed by atoms with Crippen molar-refractivity contribution in [2.24, 2.45) is 0 Å². The molecule has 2 aliphatic heterocycles. The smallest absolute Gasteiger partial charge is 0.211 e. The Morgan fingerprint density at radius 1 is 1.25 bits per heavy atom. The lowest BCUT2D eigenvalue weighted by atomic mass is 9.85. The van der Waals surface area contributed by atoms with Crippen LogP contribution in [-0.4, -0.2) is 50.1 Å². The molecule has 2 heterocycles. The number of hydrogen-bond donors (Lipinski definition) is 0. The third-order valence-electron chi connectivity index (χ3n) is 4.81. The Bertz CT molecular complexity index is 600. The molecule has 4 nitrogen and oxygen atoms in total. The van der Waals surface area contributed by atoms with Crippen LogP contribution in [0.3, 0.4) is 0 Å². The average Bonchev–Trinajstić information content (AvgIpc) is 2.45. The van der Waals surface area contributed by atoms with Gasteiger partial charge in [-0.2, -0.15) is 0 Å². The van der Waals surface area contributed by atoms with Crippen molar-refractivity contribution in [3.63, 3.8) is 0 Å². The quantitative estimate of drug-likeness (QED) is 0.832. The summed E-state index contributed by atoms with van der Waals surface area (Å²) in [7, 11) is -1.39. The van der Waals surface area contributed by atoms with Gasteiger partial charge < -0.3 is 0 Å². The second-order valence-corrected chi connectivity index (χ2v) is 8.00. The molecular formula is C15H22N2O2S. The number of rotatable bonds is 2. The Hall–Kier alpha value is -0.910. The third-order valence-corrected chi connectivity index (χ3v) is 6.15. The molecule has 1 fully saturated rings. The molecule has 20 heavy (non-hydrogen) atoms. The Morgan fingerprint density at radius 3 is 2.75 bits per heavy atom. The minimum atomic E-state index is -3.10. The van der Waals surface area contributed by atoms with Gasteiger partial charge in [-0.1, -0.05) is 24.3 Å². The van der Waals surface area contributed by atoms with Crippen molar-refractivity contribution in [3.8, 4) is 0 Å². The normalized spacial score (nSPS) is 27.1. The standard InChI is InChI=1S/C15H22N2O2S/c1-16(20(2,18)19)13-8-10-17-9-7-12-5-3-4-6-14(12)15(17)11-13/h3-6,13,15H,7-11H2,1-2H3/t13-,15+/m1/s1. The second kappa shape index (κ2) is 5.13. The van der Waals surface area contributed by atoms with Crippen LogP contribution in [-0.2, 0) is 16.4 Å². The highest BCUT2D eigenvalue weighted by Gasteiger charge is 2.36. The highest BCUT2D eigenvalue weighted by atomic mass is 32.2. The van der Waals surface area contributed by atoms with Crippen LogP contribution in [0.2, 0.25) is 0 Å². The van der Waals surface area contributed by atoms with Gasteiger partial charge in [-0.15, -0.1) is 0 Å². The maximum absolute atomic E-state index is 11.7. The fourth-order valence-electron chi connectivity index (χ4n) is 3.54. The minimum absolute atomic E-state index is 0.123. The molecule has 0 spiro atoms. The van der Waals surface area contributed by atoms with Crippen molar-refractivity contribution in [1.29, 1.82) is 0 Å². The zero-order valence-corrected chi connectivity index (χ0v) is 12.9. The summed E-state index contributed by atoms with van der Waals surface area (Å²) in [4.78, 5) is 2.51. The summed E-state index contributed by atoms with van der Waals surface area (Å²) in [6.45, 7) is 2.08. The van der Waals surface area contributed by atoms with Gasteiger partial charge in [0.05, 0.1) is 6.26 Å². The monoisotopic (exact) mass is 294 g/mol. The Balaban J connectivity index is 1.86. The van der Waals surface area contributed by atoms with E-state index in [0.29, 0.717) is 6.04 Å². The molecule has 0 bridgehead atoms. The fourth-order valence-corrected chi connectivity index (χ4v) is 4.27. The van der Waals surface area contributed by atoms with Gasteiger partial charge in [-0.3, -0.25) is 4.90 Å². The van der Waals surface area contributed by atoms with Gasteiger partial charge >= 0.3 is 0 Å². The van der Waals surface area contributed by atoms with Crippen LogP contribution >= 0.6 is 0 Å². The second-order valence-electron chi connectivity index (χ2n) is 5.96. The van der Waals surface area contributed by atoms with Crippen molar-refractivity contribution in [3.05, 3.63) is 35.4 Å². The van der Waals surface area contributed by atoms with E-state index in [4.69, 9.17) is 0 Å². The first-order valence-corrected chi connectivity index (χ1v) is 9.06. The zero-order valence-electron chi connectivity index (χ0n) is 12.1. The van der Waals surface area contributed by atoms with Gasteiger partial charge in [-0.25, -0.2) is 12.7 Å². The molecule has 0 amide bonds. The zero-order chi connectivity index (χ0) is 14.3. The average molecular weight is 294 g/mol. The van der Waals surface area contributed by atoms with E-state index in [-0.39, 0.29) is 6.04 Å².